The van der Waals surface area contributed by atoms with Crippen LogP contribution in [0.5, 0.6) is 0 Å². The number of aryl methyl sites for hydroxylation is 1. The minimum Gasteiger partial charge on any atom is -0.370 e. The lowest BCUT2D eigenvalue weighted by molar-refractivity contribution is -0.384. The Labute approximate surface area is 166 Å². The number of carbonyl (C=O) groups is 1. The minimum absolute atomic E-state index is 0.0222. The molecule has 1 aliphatic heterocycles. The number of benzene rings is 1. The van der Waals surface area contributed by atoms with Crippen molar-refractivity contribution in [2.45, 2.75) is 19.8 Å². The fraction of sp³-hybridized carbons (Fsp3) is 0.333. The number of piperidine rings is 1. The maximum absolute atomic E-state index is 12.4. The number of nitro benzene ring substituents is 1. The number of nitro groups is 1. The first-order chi connectivity index (χ1) is 12.8. The third kappa shape index (κ3) is 4.48. The predicted octanol–water partition coefficient (Wildman–Crippen LogP) is 4.46. The van der Waals surface area contributed by atoms with Crippen LogP contribution in [0.25, 0.3) is 0 Å². The Morgan fingerprint density at radius 1 is 1.30 bits per heavy atom. The van der Waals surface area contributed by atoms with Crippen LogP contribution < -0.4 is 10.2 Å². The predicted molar refractivity (Wildman–Crippen MR) is 106 cm³/mol. The highest BCUT2D eigenvalue weighted by Crippen LogP contribution is 2.36. The molecular formula is C18H18Cl2N4O3. The van der Waals surface area contributed by atoms with E-state index in [0.29, 0.717) is 41.8 Å². The number of nitrogens with one attached hydrogen (secondary N) is 1. The molecule has 27 heavy (non-hydrogen) atoms. The molecule has 0 atom stereocenters. The van der Waals surface area contributed by atoms with Gasteiger partial charge in [-0.15, -0.1) is 0 Å². The minimum atomic E-state index is -0.454. The van der Waals surface area contributed by atoms with E-state index in [2.05, 4.69) is 15.2 Å². The number of amides is 1. The third-order valence-corrected chi connectivity index (χ3v) is 5.12. The number of rotatable bonds is 4. The molecule has 0 radical (unpaired) electrons. The number of nitrogens with zero attached hydrogens (tertiary/aromatic N) is 3. The normalized spacial score (nSPS) is 14.9. The SMILES string of the molecule is Cc1cc([N+](=O)[O-])cc(Cl)c1N1CCC(C(=O)Nc2ccc(Cl)cn2)CC1. The Balaban J connectivity index is 1.64. The molecule has 1 amide bonds. The number of anilines is 2. The fourth-order valence-electron chi connectivity index (χ4n) is 3.27. The fourth-order valence-corrected chi connectivity index (χ4v) is 3.76. The smallest absolute Gasteiger partial charge is 0.271 e. The number of hydrogen-bond donors (Lipinski definition) is 1. The lowest BCUT2D eigenvalue weighted by Gasteiger charge is -2.34. The summed E-state index contributed by atoms with van der Waals surface area (Å²) in [5.41, 5.74) is 1.52. The highest BCUT2D eigenvalue weighted by Gasteiger charge is 2.27. The van der Waals surface area contributed by atoms with Crippen LogP contribution in [0.15, 0.2) is 30.5 Å². The standard InChI is InChI=1S/C18H18Cl2N4O3/c1-11-8-14(24(26)27)9-15(20)17(11)23-6-4-12(5-7-23)18(25)22-16-3-2-13(19)10-21-16/h2-3,8-10,12H,4-7H2,1H3,(H,21,22,25). The van der Waals surface area contributed by atoms with Crippen LogP contribution in [0.4, 0.5) is 17.2 Å². The van der Waals surface area contributed by atoms with Gasteiger partial charge < -0.3 is 10.2 Å². The molecule has 1 saturated heterocycles. The van der Waals surface area contributed by atoms with Crippen LogP contribution >= 0.6 is 23.2 Å². The monoisotopic (exact) mass is 408 g/mol. The van der Waals surface area contributed by atoms with E-state index in [-0.39, 0.29) is 17.5 Å². The summed E-state index contributed by atoms with van der Waals surface area (Å²) in [7, 11) is 0. The molecule has 7 nitrogen and oxygen atoms in total. The van der Waals surface area contributed by atoms with E-state index in [0.717, 1.165) is 11.3 Å². The van der Waals surface area contributed by atoms with Crippen molar-refractivity contribution in [1.82, 2.24) is 4.98 Å². The van der Waals surface area contributed by atoms with Crippen molar-refractivity contribution in [3.63, 3.8) is 0 Å². The number of hydrogen-bond acceptors (Lipinski definition) is 5. The summed E-state index contributed by atoms with van der Waals surface area (Å²) in [6, 6.07) is 6.22. The Bertz CT molecular complexity index is 842. The molecule has 142 valence electrons. The topological polar surface area (TPSA) is 88.4 Å². The molecule has 1 N–H and O–H groups in total. The summed E-state index contributed by atoms with van der Waals surface area (Å²) >= 11 is 12.1. The Hall–Kier alpha value is -2.38. The van der Waals surface area contributed by atoms with E-state index in [1.54, 1.807) is 19.1 Å². The van der Waals surface area contributed by atoms with Crippen molar-refractivity contribution in [3.05, 3.63) is 56.2 Å². The van der Waals surface area contributed by atoms with E-state index < -0.39 is 4.92 Å². The van der Waals surface area contributed by atoms with E-state index in [9.17, 15) is 14.9 Å². The van der Waals surface area contributed by atoms with Crippen LogP contribution in [0, 0.1) is 23.0 Å². The highest BCUT2D eigenvalue weighted by atomic mass is 35.5. The number of carbonyl (C=O) groups excluding carboxylic acids is 1. The average Bonchev–Trinajstić information content (AvgIpc) is 2.63. The molecule has 1 fully saturated rings. The van der Waals surface area contributed by atoms with Gasteiger partial charge in [0.25, 0.3) is 5.69 Å². The van der Waals surface area contributed by atoms with Gasteiger partial charge in [-0.1, -0.05) is 23.2 Å². The van der Waals surface area contributed by atoms with E-state index >= 15 is 0 Å². The maximum Gasteiger partial charge on any atom is 0.271 e. The van der Waals surface area contributed by atoms with Crippen molar-refractivity contribution in [1.29, 1.82) is 0 Å². The zero-order valence-corrected chi connectivity index (χ0v) is 16.1. The maximum atomic E-state index is 12.4. The second-order valence-electron chi connectivity index (χ2n) is 6.46. The van der Waals surface area contributed by atoms with Gasteiger partial charge in [0.2, 0.25) is 5.91 Å². The van der Waals surface area contributed by atoms with Crippen LogP contribution in [0.3, 0.4) is 0 Å². The lowest BCUT2D eigenvalue weighted by atomic mass is 9.95. The first kappa shape index (κ1) is 19.4. The number of non-ortho nitro benzene ring substituents is 1. The van der Waals surface area contributed by atoms with Gasteiger partial charge in [0, 0.05) is 37.3 Å². The van der Waals surface area contributed by atoms with Crippen molar-refractivity contribution < 1.29 is 9.72 Å². The molecule has 2 aromatic rings. The summed E-state index contributed by atoms with van der Waals surface area (Å²) in [4.78, 5) is 29.1. The van der Waals surface area contributed by atoms with Crippen molar-refractivity contribution in [2.24, 2.45) is 5.92 Å². The molecule has 1 aliphatic rings. The Morgan fingerprint density at radius 2 is 2.00 bits per heavy atom. The van der Waals surface area contributed by atoms with Gasteiger partial charge in [0.1, 0.15) is 5.82 Å². The van der Waals surface area contributed by atoms with Crippen LogP contribution in [0.1, 0.15) is 18.4 Å². The molecule has 9 heteroatoms. The van der Waals surface area contributed by atoms with Crippen LogP contribution in [0.2, 0.25) is 10.0 Å². The van der Waals surface area contributed by atoms with Crippen molar-refractivity contribution in [2.75, 3.05) is 23.3 Å². The lowest BCUT2D eigenvalue weighted by Crippen LogP contribution is -2.38. The summed E-state index contributed by atoms with van der Waals surface area (Å²) < 4.78 is 0. The summed E-state index contributed by atoms with van der Waals surface area (Å²) in [5, 5.41) is 14.6. The second-order valence-corrected chi connectivity index (χ2v) is 7.31. The van der Waals surface area contributed by atoms with Crippen molar-refractivity contribution in [3.8, 4) is 0 Å². The summed E-state index contributed by atoms with van der Waals surface area (Å²) in [5.74, 6) is 0.271. The van der Waals surface area contributed by atoms with Gasteiger partial charge in [-0.25, -0.2) is 4.98 Å². The van der Waals surface area contributed by atoms with E-state index in [1.807, 2.05) is 0 Å². The number of aromatic nitrogens is 1. The molecule has 2 heterocycles. The molecule has 0 unspecified atom stereocenters. The van der Waals surface area contributed by atoms with Gasteiger partial charge in [-0.05, 0) is 37.5 Å². The average molecular weight is 409 g/mol. The molecule has 0 saturated carbocycles. The zero-order valence-electron chi connectivity index (χ0n) is 14.6. The number of halogens is 2. The number of pyridine rings is 1. The first-order valence-electron chi connectivity index (χ1n) is 8.47. The molecule has 0 aliphatic carbocycles. The van der Waals surface area contributed by atoms with E-state index in [4.69, 9.17) is 23.2 Å². The Morgan fingerprint density at radius 3 is 2.56 bits per heavy atom. The molecule has 1 aromatic carbocycles. The van der Waals surface area contributed by atoms with Gasteiger partial charge in [0.15, 0.2) is 0 Å². The summed E-state index contributed by atoms with van der Waals surface area (Å²) in [6.45, 7) is 3.09. The first-order valence-corrected chi connectivity index (χ1v) is 9.22. The van der Waals surface area contributed by atoms with Gasteiger partial charge >= 0.3 is 0 Å². The molecule has 0 bridgehead atoms. The summed E-state index contributed by atoms with van der Waals surface area (Å²) in [6.07, 6.45) is 2.80. The third-order valence-electron chi connectivity index (χ3n) is 4.61. The molecule has 3 rings (SSSR count). The Kier molecular flexibility index (Phi) is 5.82. The van der Waals surface area contributed by atoms with Gasteiger partial charge in [-0.3, -0.25) is 14.9 Å². The highest BCUT2D eigenvalue weighted by molar-refractivity contribution is 6.33. The van der Waals surface area contributed by atoms with E-state index in [1.165, 1.54) is 18.3 Å². The second kappa shape index (κ2) is 8.10. The van der Waals surface area contributed by atoms with Crippen LogP contribution in [-0.2, 0) is 4.79 Å². The largest absolute Gasteiger partial charge is 0.370 e. The molecule has 0 spiro atoms. The van der Waals surface area contributed by atoms with Gasteiger partial charge in [0.05, 0.1) is 20.7 Å². The molecular weight excluding hydrogens is 391 g/mol. The zero-order chi connectivity index (χ0) is 19.6. The van der Waals surface area contributed by atoms with Crippen molar-refractivity contribution >= 4 is 46.3 Å². The molecule has 1 aromatic heterocycles. The van der Waals surface area contributed by atoms with Gasteiger partial charge in [-0.2, -0.15) is 0 Å². The van der Waals surface area contributed by atoms with Crippen LogP contribution in [-0.4, -0.2) is 28.9 Å². The quantitative estimate of drug-likeness (QED) is 0.595.